The highest BCUT2D eigenvalue weighted by molar-refractivity contribution is 6.17. The molecule has 0 aliphatic carbocycles. The number of carbonyl (C=O) groups is 1. The lowest BCUT2D eigenvalue weighted by Gasteiger charge is -2.17. The molecule has 0 bridgehead atoms. The van der Waals surface area contributed by atoms with E-state index in [-0.39, 0.29) is 5.91 Å². The van der Waals surface area contributed by atoms with E-state index in [0.717, 1.165) is 25.0 Å². The Morgan fingerprint density at radius 3 is 2.85 bits per heavy atom. The fourth-order valence-corrected chi connectivity index (χ4v) is 2.01. The van der Waals surface area contributed by atoms with Crippen LogP contribution in [0, 0.1) is 0 Å². The van der Waals surface area contributed by atoms with Gasteiger partial charge in [-0.05, 0) is 37.0 Å². The molecule has 0 radical (unpaired) electrons. The molecule has 4 heteroatoms. The second-order valence-corrected chi connectivity index (χ2v) is 5.19. The Hall–Kier alpha value is -1.22. The maximum Gasteiger partial charge on any atom is 0.222 e. The molecule has 1 amide bonds. The summed E-state index contributed by atoms with van der Waals surface area (Å²) >= 11 is 5.58. The third-order valence-electron chi connectivity index (χ3n) is 3.16. The lowest BCUT2D eigenvalue weighted by molar-refractivity contribution is -0.130. The van der Waals surface area contributed by atoms with E-state index in [0.29, 0.717) is 25.5 Å². The summed E-state index contributed by atoms with van der Waals surface area (Å²) in [5, 5.41) is 0. The molecule has 1 rings (SSSR count). The zero-order valence-electron chi connectivity index (χ0n) is 12.4. The minimum absolute atomic E-state index is 0.152. The van der Waals surface area contributed by atoms with Gasteiger partial charge < -0.3 is 9.64 Å². The van der Waals surface area contributed by atoms with Crippen molar-refractivity contribution in [2.75, 3.05) is 26.1 Å². The Morgan fingerprint density at radius 2 is 2.15 bits per heavy atom. The number of benzene rings is 1. The van der Waals surface area contributed by atoms with Crippen LogP contribution in [0.3, 0.4) is 0 Å². The van der Waals surface area contributed by atoms with Crippen molar-refractivity contribution >= 4 is 17.5 Å². The van der Waals surface area contributed by atoms with Crippen molar-refractivity contribution in [1.29, 1.82) is 0 Å². The van der Waals surface area contributed by atoms with Crippen molar-refractivity contribution in [3.8, 4) is 5.75 Å². The average Bonchev–Trinajstić information content (AvgIpc) is 2.49. The number of ether oxygens (including phenoxy) is 1. The lowest BCUT2D eigenvalue weighted by atomic mass is 10.2. The number of carbonyl (C=O) groups excluding carboxylic acids is 1. The van der Waals surface area contributed by atoms with Crippen molar-refractivity contribution in [3.05, 3.63) is 29.8 Å². The van der Waals surface area contributed by atoms with Gasteiger partial charge in [0.15, 0.2) is 0 Å². The van der Waals surface area contributed by atoms with Crippen molar-refractivity contribution in [3.63, 3.8) is 0 Å². The first-order valence-electron chi connectivity index (χ1n) is 7.19. The summed E-state index contributed by atoms with van der Waals surface area (Å²) < 4.78 is 5.70. The maximum absolute atomic E-state index is 11.7. The highest BCUT2D eigenvalue weighted by Crippen LogP contribution is 2.13. The van der Waals surface area contributed by atoms with Crippen LogP contribution in [0.2, 0.25) is 0 Å². The zero-order valence-corrected chi connectivity index (χ0v) is 13.2. The molecule has 0 aromatic heterocycles. The van der Waals surface area contributed by atoms with E-state index in [1.807, 2.05) is 19.2 Å². The Bertz CT molecular complexity index is 409. The minimum atomic E-state index is 0.152. The molecule has 0 aliphatic heterocycles. The van der Waals surface area contributed by atoms with Crippen LogP contribution in [0.25, 0.3) is 0 Å². The van der Waals surface area contributed by atoms with Crippen molar-refractivity contribution < 1.29 is 9.53 Å². The van der Waals surface area contributed by atoms with Gasteiger partial charge in [-0.1, -0.05) is 19.1 Å². The van der Waals surface area contributed by atoms with Crippen LogP contribution < -0.4 is 4.74 Å². The van der Waals surface area contributed by atoms with E-state index in [2.05, 4.69) is 19.1 Å². The third-order valence-corrected chi connectivity index (χ3v) is 3.43. The van der Waals surface area contributed by atoms with E-state index in [1.54, 1.807) is 4.90 Å². The summed E-state index contributed by atoms with van der Waals surface area (Å²) in [4.78, 5) is 13.4. The van der Waals surface area contributed by atoms with Gasteiger partial charge in [0.25, 0.3) is 0 Å². The first-order chi connectivity index (χ1) is 9.67. The first kappa shape index (κ1) is 16.8. The Kier molecular flexibility index (Phi) is 8.12. The monoisotopic (exact) mass is 297 g/mol. The molecular formula is C16H24ClNO2. The van der Waals surface area contributed by atoms with Gasteiger partial charge in [-0.25, -0.2) is 0 Å². The van der Waals surface area contributed by atoms with Crippen molar-refractivity contribution in [2.24, 2.45) is 0 Å². The summed E-state index contributed by atoms with van der Waals surface area (Å²) in [5.74, 6) is 1.59. The Balaban J connectivity index is 2.22. The van der Waals surface area contributed by atoms with E-state index in [9.17, 15) is 4.79 Å². The summed E-state index contributed by atoms with van der Waals surface area (Å²) in [6, 6.07) is 8.13. The molecule has 0 unspecified atom stereocenters. The highest BCUT2D eigenvalue weighted by atomic mass is 35.5. The molecule has 0 saturated carbocycles. The van der Waals surface area contributed by atoms with Gasteiger partial charge in [0.1, 0.15) is 5.75 Å². The van der Waals surface area contributed by atoms with Gasteiger partial charge >= 0.3 is 0 Å². The lowest BCUT2D eigenvalue weighted by Crippen LogP contribution is -2.28. The quantitative estimate of drug-likeness (QED) is 0.516. The number of halogens is 1. The second-order valence-electron chi connectivity index (χ2n) is 4.81. The topological polar surface area (TPSA) is 29.5 Å². The minimum Gasteiger partial charge on any atom is -0.494 e. The third kappa shape index (κ3) is 6.29. The standard InChI is InChI=1S/C16H24ClNO2/c1-3-14-7-4-8-15(13-14)20-12-6-11-18(2)16(19)9-5-10-17/h4,7-8,13H,3,5-6,9-12H2,1-2H3. The van der Waals surface area contributed by atoms with Crippen molar-refractivity contribution in [1.82, 2.24) is 4.90 Å². The van der Waals surface area contributed by atoms with Crippen LogP contribution in [0.5, 0.6) is 5.75 Å². The number of hydrogen-bond donors (Lipinski definition) is 0. The Labute approximate surface area is 126 Å². The van der Waals surface area contributed by atoms with Crippen LogP contribution in [0.15, 0.2) is 24.3 Å². The van der Waals surface area contributed by atoms with Crippen molar-refractivity contribution in [2.45, 2.75) is 32.6 Å². The Morgan fingerprint density at radius 1 is 1.35 bits per heavy atom. The molecule has 0 aliphatic rings. The van der Waals surface area contributed by atoms with Crippen LogP contribution in [-0.2, 0) is 11.2 Å². The normalized spacial score (nSPS) is 10.3. The predicted octanol–water partition coefficient (Wildman–Crippen LogP) is 3.50. The summed E-state index contributed by atoms with van der Waals surface area (Å²) in [6.07, 6.45) is 3.11. The summed E-state index contributed by atoms with van der Waals surface area (Å²) in [6.45, 7) is 3.47. The molecule has 1 aromatic rings. The van der Waals surface area contributed by atoms with Gasteiger partial charge in [0.2, 0.25) is 5.91 Å². The summed E-state index contributed by atoms with van der Waals surface area (Å²) in [7, 11) is 1.83. The van der Waals surface area contributed by atoms with Crippen LogP contribution in [0.1, 0.15) is 31.7 Å². The maximum atomic E-state index is 11.7. The zero-order chi connectivity index (χ0) is 14.8. The molecule has 3 nitrogen and oxygen atoms in total. The first-order valence-corrected chi connectivity index (χ1v) is 7.72. The van der Waals surface area contributed by atoms with Gasteiger partial charge in [0.05, 0.1) is 6.61 Å². The molecule has 0 spiro atoms. The number of rotatable bonds is 9. The molecular weight excluding hydrogens is 274 g/mol. The van der Waals surface area contributed by atoms with E-state index in [4.69, 9.17) is 16.3 Å². The average molecular weight is 298 g/mol. The largest absolute Gasteiger partial charge is 0.494 e. The predicted molar refractivity (Wildman–Crippen MR) is 83.5 cm³/mol. The van der Waals surface area contributed by atoms with E-state index in [1.165, 1.54) is 5.56 Å². The second kappa shape index (κ2) is 9.65. The van der Waals surface area contributed by atoms with Gasteiger partial charge in [-0.15, -0.1) is 11.6 Å². The summed E-state index contributed by atoms with van der Waals surface area (Å²) in [5.41, 5.74) is 1.27. The number of amides is 1. The van der Waals surface area contributed by atoms with Gasteiger partial charge in [-0.3, -0.25) is 4.79 Å². The van der Waals surface area contributed by atoms with Gasteiger partial charge in [-0.2, -0.15) is 0 Å². The van der Waals surface area contributed by atoms with E-state index >= 15 is 0 Å². The van der Waals surface area contributed by atoms with Gasteiger partial charge in [0, 0.05) is 25.9 Å². The fourth-order valence-electron chi connectivity index (χ4n) is 1.88. The number of hydrogen-bond acceptors (Lipinski definition) is 2. The molecule has 112 valence electrons. The molecule has 0 heterocycles. The number of nitrogens with zero attached hydrogens (tertiary/aromatic N) is 1. The SMILES string of the molecule is CCc1cccc(OCCCN(C)C(=O)CCCCl)c1. The molecule has 0 N–H and O–H groups in total. The highest BCUT2D eigenvalue weighted by Gasteiger charge is 2.07. The molecule has 0 fully saturated rings. The number of aryl methyl sites for hydroxylation is 1. The molecule has 0 saturated heterocycles. The van der Waals surface area contributed by atoms with Crippen LogP contribution >= 0.6 is 11.6 Å². The molecule has 20 heavy (non-hydrogen) atoms. The van der Waals surface area contributed by atoms with E-state index < -0.39 is 0 Å². The van der Waals surface area contributed by atoms with Crippen LogP contribution in [0.4, 0.5) is 0 Å². The molecule has 1 aromatic carbocycles. The smallest absolute Gasteiger partial charge is 0.222 e. The fraction of sp³-hybridized carbons (Fsp3) is 0.562. The van der Waals surface area contributed by atoms with Crippen LogP contribution in [-0.4, -0.2) is 36.9 Å². The molecule has 0 atom stereocenters. The number of alkyl halides is 1.